The summed E-state index contributed by atoms with van der Waals surface area (Å²) in [6, 6.07) is 1.92. The maximum absolute atomic E-state index is 13.4. The first-order chi connectivity index (χ1) is 19.9. The van der Waals surface area contributed by atoms with Crippen molar-refractivity contribution in [2.24, 2.45) is 0 Å². The van der Waals surface area contributed by atoms with Gasteiger partial charge < -0.3 is 30.0 Å². The Morgan fingerprint density at radius 1 is 1.24 bits per heavy atom. The summed E-state index contributed by atoms with van der Waals surface area (Å²) in [5.74, 6) is 1.35. The topological polar surface area (TPSA) is 138 Å². The second kappa shape index (κ2) is 11.4. The van der Waals surface area contributed by atoms with Gasteiger partial charge in [0.15, 0.2) is 5.82 Å². The minimum Gasteiger partial charge on any atom is -0.478 e. The molecule has 6 rings (SSSR count). The van der Waals surface area contributed by atoms with Crippen molar-refractivity contribution >= 4 is 34.3 Å². The average Bonchev–Trinajstić information content (AvgIpc) is 3.55. The maximum atomic E-state index is 13.4. The zero-order chi connectivity index (χ0) is 28.5. The summed E-state index contributed by atoms with van der Waals surface area (Å²) in [6.45, 7) is 8.93. The summed E-state index contributed by atoms with van der Waals surface area (Å²) in [6.07, 6.45) is 8.01. The molecule has 0 aliphatic carbocycles. The Hall–Kier alpha value is -4.07. The molecule has 13 heteroatoms. The largest absolute Gasteiger partial charge is 0.478 e. The molecule has 0 saturated carbocycles. The Morgan fingerprint density at radius 3 is 2.76 bits per heavy atom. The van der Waals surface area contributed by atoms with E-state index in [-0.39, 0.29) is 18.0 Å². The van der Waals surface area contributed by atoms with Crippen molar-refractivity contribution in [3.63, 3.8) is 0 Å². The normalized spacial score (nSPS) is 17.4. The third-order valence-electron chi connectivity index (χ3n) is 7.87. The third kappa shape index (κ3) is 5.35. The molecule has 1 unspecified atom stereocenters. The van der Waals surface area contributed by atoms with E-state index in [0.717, 1.165) is 60.3 Å². The van der Waals surface area contributed by atoms with Crippen LogP contribution in [-0.4, -0.2) is 105 Å². The number of anilines is 3. The predicted molar refractivity (Wildman–Crippen MR) is 156 cm³/mol. The molecule has 4 aromatic heterocycles. The second-order valence-corrected chi connectivity index (χ2v) is 10.6. The van der Waals surface area contributed by atoms with Crippen LogP contribution in [0.4, 0.5) is 17.5 Å². The van der Waals surface area contributed by atoms with E-state index < -0.39 is 0 Å². The van der Waals surface area contributed by atoms with Gasteiger partial charge in [-0.25, -0.2) is 15.0 Å². The standard InChI is InChI=1S/C28H36N10O3/c1-5-22(37-10-8-36(3)9-11-37)26(39)34-25-24-19(6-7-29-25)20(13-30-24)23-17(2)12-31-28(33-23)32-21-14-38(18-15-41-16-18)35-27(21)40-4/h6-7,12-14,18,22,30H,5,8-11,15-16H2,1-4H3,(H,29,34,39)(H,31,32,33). The number of carbonyl (C=O) groups excluding carboxylic acids is 1. The number of likely N-dealkylation sites (N-methyl/N-ethyl adjacent to an activating group) is 1. The molecule has 0 bridgehead atoms. The van der Waals surface area contributed by atoms with Crippen LogP contribution in [0.1, 0.15) is 24.9 Å². The molecule has 1 atom stereocenters. The molecule has 13 nitrogen and oxygen atoms in total. The lowest BCUT2D eigenvalue weighted by molar-refractivity contribution is -0.122. The lowest BCUT2D eigenvalue weighted by Gasteiger charge is -2.36. The highest BCUT2D eigenvalue weighted by Gasteiger charge is 2.28. The van der Waals surface area contributed by atoms with Gasteiger partial charge >= 0.3 is 0 Å². The van der Waals surface area contributed by atoms with Crippen LogP contribution in [0.15, 0.2) is 30.9 Å². The number of aryl methyl sites for hydroxylation is 1. The smallest absolute Gasteiger partial charge is 0.256 e. The number of fused-ring (bicyclic) bond motifs is 1. The number of aromatic amines is 1. The van der Waals surface area contributed by atoms with Gasteiger partial charge in [-0.05, 0) is 32.0 Å². The summed E-state index contributed by atoms with van der Waals surface area (Å²) in [4.78, 5) is 35.1. The third-order valence-corrected chi connectivity index (χ3v) is 7.87. The van der Waals surface area contributed by atoms with E-state index in [1.807, 2.05) is 30.1 Å². The van der Waals surface area contributed by atoms with Crippen LogP contribution in [0.3, 0.4) is 0 Å². The minimum atomic E-state index is -0.203. The zero-order valence-corrected chi connectivity index (χ0v) is 23.8. The highest BCUT2D eigenvalue weighted by molar-refractivity contribution is 6.05. The molecule has 6 heterocycles. The molecule has 0 aromatic carbocycles. The number of ether oxygens (including phenoxy) is 2. The number of aromatic nitrogens is 6. The van der Waals surface area contributed by atoms with Gasteiger partial charge in [-0.15, -0.1) is 5.10 Å². The van der Waals surface area contributed by atoms with Crippen molar-refractivity contribution in [3.8, 4) is 17.1 Å². The van der Waals surface area contributed by atoms with Crippen LogP contribution in [0.5, 0.6) is 5.88 Å². The highest BCUT2D eigenvalue weighted by atomic mass is 16.5. The fourth-order valence-electron chi connectivity index (χ4n) is 5.36. The lowest BCUT2D eigenvalue weighted by Crippen LogP contribution is -2.52. The summed E-state index contributed by atoms with van der Waals surface area (Å²) in [5.41, 5.74) is 3.99. The zero-order valence-electron chi connectivity index (χ0n) is 23.8. The molecule has 1 amide bonds. The molecular formula is C28H36N10O3. The van der Waals surface area contributed by atoms with E-state index in [9.17, 15) is 4.79 Å². The number of methoxy groups -OCH3 is 1. The lowest BCUT2D eigenvalue weighted by atomic mass is 10.1. The fourth-order valence-corrected chi connectivity index (χ4v) is 5.36. The minimum absolute atomic E-state index is 0.0409. The summed E-state index contributed by atoms with van der Waals surface area (Å²) < 4.78 is 12.6. The molecule has 0 spiro atoms. The summed E-state index contributed by atoms with van der Waals surface area (Å²) >= 11 is 0. The molecule has 2 saturated heterocycles. The van der Waals surface area contributed by atoms with Gasteiger partial charge in [0.05, 0.1) is 49.8 Å². The predicted octanol–water partition coefficient (Wildman–Crippen LogP) is 2.81. The number of nitrogens with zero attached hydrogens (tertiary/aromatic N) is 7. The number of pyridine rings is 1. The van der Waals surface area contributed by atoms with E-state index in [1.54, 1.807) is 19.5 Å². The average molecular weight is 561 g/mol. The summed E-state index contributed by atoms with van der Waals surface area (Å²) in [7, 11) is 3.70. The van der Waals surface area contributed by atoms with Gasteiger partial charge in [-0.1, -0.05) is 6.92 Å². The van der Waals surface area contributed by atoms with Crippen molar-refractivity contribution in [1.82, 2.24) is 39.5 Å². The Morgan fingerprint density at radius 2 is 2.05 bits per heavy atom. The van der Waals surface area contributed by atoms with Gasteiger partial charge in [0.1, 0.15) is 5.69 Å². The molecular weight excluding hydrogens is 524 g/mol. The maximum Gasteiger partial charge on any atom is 0.256 e. The van der Waals surface area contributed by atoms with E-state index in [1.165, 1.54) is 0 Å². The van der Waals surface area contributed by atoms with Crippen molar-refractivity contribution in [1.29, 1.82) is 0 Å². The first-order valence-electron chi connectivity index (χ1n) is 14.0. The first kappa shape index (κ1) is 27.1. The Kier molecular flexibility index (Phi) is 7.56. The Bertz CT molecular complexity index is 1540. The highest BCUT2D eigenvalue weighted by Crippen LogP contribution is 2.34. The quantitative estimate of drug-likeness (QED) is 0.280. The van der Waals surface area contributed by atoms with Crippen molar-refractivity contribution in [2.45, 2.75) is 32.4 Å². The van der Waals surface area contributed by atoms with E-state index in [0.29, 0.717) is 36.5 Å². The van der Waals surface area contributed by atoms with E-state index >= 15 is 0 Å². The molecule has 4 aromatic rings. The van der Waals surface area contributed by atoms with Crippen LogP contribution >= 0.6 is 0 Å². The monoisotopic (exact) mass is 560 g/mol. The van der Waals surface area contributed by atoms with Crippen molar-refractivity contribution in [2.75, 3.05) is 64.2 Å². The van der Waals surface area contributed by atoms with Gasteiger partial charge in [-0.3, -0.25) is 14.4 Å². The number of rotatable bonds is 9. The molecule has 41 heavy (non-hydrogen) atoms. The molecule has 2 aliphatic heterocycles. The SMILES string of the molecule is CCC(C(=O)Nc1nccc2c(-c3nc(Nc4cn(C5COC5)nc4OC)ncc3C)c[nH]c12)N1CCN(C)CC1. The number of H-pyrrole nitrogens is 1. The Balaban J connectivity index is 1.25. The van der Waals surface area contributed by atoms with Crippen LogP contribution in [0.25, 0.3) is 22.2 Å². The second-order valence-electron chi connectivity index (χ2n) is 10.6. The fraction of sp³-hybridized carbons (Fsp3) is 0.464. The van der Waals surface area contributed by atoms with Gasteiger partial charge in [-0.2, -0.15) is 0 Å². The van der Waals surface area contributed by atoms with Crippen molar-refractivity contribution in [3.05, 3.63) is 36.4 Å². The first-order valence-corrected chi connectivity index (χ1v) is 14.0. The van der Waals surface area contributed by atoms with Gasteiger partial charge in [0.2, 0.25) is 11.9 Å². The van der Waals surface area contributed by atoms with E-state index in [2.05, 4.69) is 54.5 Å². The number of hydrogen-bond acceptors (Lipinski definition) is 10. The van der Waals surface area contributed by atoms with Gasteiger partial charge in [0, 0.05) is 55.7 Å². The van der Waals surface area contributed by atoms with Crippen LogP contribution in [-0.2, 0) is 9.53 Å². The molecule has 2 fully saturated rings. The van der Waals surface area contributed by atoms with Crippen LogP contribution < -0.4 is 15.4 Å². The van der Waals surface area contributed by atoms with E-state index in [4.69, 9.17) is 14.5 Å². The van der Waals surface area contributed by atoms with Crippen molar-refractivity contribution < 1.29 is 14.3 Å². The number of carbonyl (C=O) groups is 1. The number of piperazine rings is 1. The molecule has 0 radical (unpaired) electrons. The number of nitrogens with one attached hydrogen (secondary N) is 3. The molecule has 2 aliphatic rings. The van der Waals surface area contributed by atoms with Crippen LogP contribution in [0, 0.1) is 6.92 Å². The number of amides is 1. The Labute approximate surface area is 238 Å². The summed E-state index contributed by atoms with van der Waals surface area (Å²) in [5, 5.41) is 11.8. The molecule has 3 N–H and O–H groups in total. The van der Waals surface area contributed by atoms with Gasteiger partial charge in [0.25, 0.3) is 5.88 Å². The number of hydrogen-bond donors (Lipinski definition) is 3. The molecule has 216 valence electrons. The van der Waals surface area contributed by atoms with Crippen LogP contribution in [0.2, 0.25) is 0 Å².